The summed E-state index contributed by atoms with van der Waals surface area (Å²) in [4.78, 5) is 12.2. The summed E-state index contributed by atoms with van der Waals surface area (Å²) in [5, 5.41) is 7.11. The fraction of sp³-hybridized carbons (Fsp3) is 0.0400. The molecule has 0 unspecified atom stereocenters. The molecule has 0 saturated carbocycles. The molecule has 0 radical (unpaired) electrons. The van der Waals surface area contributed by atoms with E-state index in [0.717, 1.165) is 16.9 Å². The van der Waals surface area contributed by atoms with Crippen molar-refractivity contribution in [2.75, 3.05) is 0 Å². The van der Waals surface area contributed by atoms with E-state index in [0.29, 0.717) is 17.2 Å². The largest absolute Gasteiger partial charge is 0.489 e. The number of amides is 1. The number of halogens is 2. The van der Waals surface area contributed by atoms with Crippen LogP contribution in [0, 0.1) is 0 Å². The topological polar surface area (TPSA) is 50.7 Å². The molecule has 4 aromatic rings. The Morgan fingerprint density at radius 1 is 0.903 bits per heavy atom. The Kier molecular flexibility index (Phi) is 6.51. The first-order chi connectivity index (χ1) is 15.1. The van der Waals surface area contributed by atoms with Gasteiger partial charge >= 0.3 is 0 Å². The van der Waals surface area contributed by atoms with Gasteiger partial charge in [-0.25, -0.2) is 5.43 Å². The smallest absolute Gasteiger partial charge is 0.272 e. The van der Waals surface area contributed by atoms with Crippen LogP contribution in [-0.4, -0.2) is 12.1 Å². The number of carbonyl (C=O) groups excluding carboxylic acids is 1. The zero-order valence-corrected chi connectivity index (χ0v) is 17.9. The average molecular weight is 449 g/mol. The van der Waals surface area contributed by atoms with E-state index in [1.807, 2.05) is 36.4 Å². The van der Waals surface area contributed by atoms with Gasteiger partial charge in [-0.1, -0.05) is 59.6 Å². The number of benzene rings is 4. The number of nitrogens with one attached hydrogen (secondary N) is 1. The van der Waals surface area contributed by atoms with Crippen molar-refractivity contribution >= 4 is 46.1 Å². The van der Waals surface area contributed by atoms with Crippen molar-refractivity contribution in [2.24, 2.45) is 5.10 Å². The number of hydrogen-bond acceptors (Lipinski definition) is 3. The highest BCUT2D eigenvalue weighted by molar-refractivity contribution is 6.36. The van der Waals surface area contributed by atoms with Crippen molar-refractivity contribution < 1.29 is 9.53 Å². The maximum Gasteiger partial charge on any atom is 0.272 e. The number of ether oxygens (including phenoxy) is 1. The normalized spacial score (nSPS) is 11.0. The molecule has 4 rings (SSSR count). The predicted octanol–water partition coefficient (Wildman–Crippen LogP) is 6.49. The lowest BCUT2D eigenvalue weighted by molar-refractivity contribution is 0.0955. The quantitative estimate of drug-likeness (QED) is 0.270. The first kappa shape index (κ1) is 20.9. The molecular weight excluding hydrogens is 431 g/mol. The zero-order valence-electron chi connectivity index (χ0n) is 16.4. The first-order valence-electron chi connectivity index (χ1n) is 9.57. The third-order valence-electron chi connectivity index (χ3n) is 4.65. The third kappa shape index (κ3) is 5.43. The van der Waals surface area contributed by atoms with E-state index in [-0.39, 0.29) is 5.02 Å². The van der Waals surface area contributed by atoms with Crippen LogP contribution < -0.4 is 10.2 Å². The highest BCUT2D eigenvalue weighted by atomic mass is 35.5. The van der Waals surface area contributed by atoms with Crippen LogP contribution in [0.4, 0.5) is 0 Å². The fourth-order valence-electron chi connectivity index (χ4n) is 3.04. The molecule has 1 N–H and O–H groups in total. The molecule has 31 heavy (non-hydrogen) atoms. The standard InChI is InChI=1S/C25H18Cl2N2O2/c26-21-9-12-23(24(27)14-21)25(30)29-28-15-17-6-10-22(11-7-17)31-16-18-5-8-19-3-1-2-4-20(19)13-18/h1-15H,16H2,(H,29,30). The Bertz CT molecular complexity index is 1250. The van der Waals surface area contributed by atoms with Crippen molar-refractivity contribution in [3.63, 3.8) is 0 Å². The van der Waals surface area contributed by atoms with Gasteiger partial charge in [0.2, 0.25) is 0 Å². The third-order valence-corrected chi connectivity index (χ3v) is 5.20. The van der Waals surface area contributed by atoms with Gasteiger partial charge in [0.15, 0.2) is 0 Å². The van der Waals surface area contributed by atoms with E-state index in [1.54, 1.807) is 18.3 Å². The first-order valence-corrected chi connectivity index (χ1v) is 10.3. The summed E-state index contributed by atoms with van der Waals surface area (Å²) < 4.78 is 5.88. The minimum Gasteiger partial charge on any atom is -0.489 e. The van der Waals surface area contributed by atoms with Crippen molar-refractivity contribution in [1.82, 2.24) is 5.43 Å². The molecular formula is C25H18Cl2N2O2. The van der Waals surface area contributed by atoms with E-state index >= 15 is 0 Å². The van der Waals surface area contributed by atoms with E-state index < -0.39 is 5.91 Å². The lowest BCUT2D eigenvalue weighted by atomic mass is 10.1. The summed E-state index contributed by atoms with van der Waals surface area (Å²) in [6, 6.07) is 26.6. The lowest BCUT2D eigenvalue weighted by Gasteiger charge is -2.08. The van der Waals surface area contributed by atoms with Crippen LogP contribution in [0.2, 0.25) is 10.0 Å². The molecule has 0 atom stereocenters. The Hall–Kier alpha value is -3.34. The van der Waals surface area contributed by atoms with Crippen LogP contribution in [0.5, 0.6) is 5.75 Å². The van der Waals surface area contributed by atoms with Crippen molar-refractivity contribution in [3.05, 3.63) is 112 Å². The van der Waals surface area contributed by atoms with Gasteiger partial charge in [0.25, 0.3) is 5.91 Å². The zero-order chi connectivity index (χ0) is 21.6. The molecule has 0 bridgehead atoms. The van der Waals surface area contributed by atoms with Crippen molar-refractivity contribution in [3.8, 4) is 5.75 Å². The molecule has 4 nitrogen and oxygen atoms in total. The molecule has 0 aliphatic carbocycles. The molecule has 0 heterocycles. The summed E-state index contributed by atoms with van der Waals surface area (Å²) >= 11 is 11.9. The SMILES string of the molecule is O=C(NN=Cc1ccc(OCc2ccc3ccccc3c2)cc1)c1ccc(Cl)cc1Cl. The molecule has 4 aromatic carbocycles. The molecule has 0 spiro atoms. The maximum atomic E-state index is 12.2. The van der Waals surface area contributed by atoms with Gasteiger partial charge in [-0.3, -0.25) is 4.79 Å². The van der Waals surface area contributed by atoms with Gasteiger partial charge in [0.1, 0.15) is 12.4 Å². The average Bonchev–Trinajstić information content (AvgIpc) is 2.78. The Labute approximate surface area is 190 Å². The molecule has 0 aromatic heterocycles. The molecule has 1 amide bonds. The maximum absolute atomic E-state index is 12.2. The molecule has 0 aliphatic heterocycles. The van der Waals surface area contributed by atoms with Crippen molar-refractivity contribution in [1.29, 1.82) is 0 Å². The molecule has 154 valence electrons. The van der Waals surface area contributed by atoms with Crippen LogP contribution >= 0.6 is 23.2 Å². The van der Waals surface area contributed by atoms with Gasteiger partial charge in [0, 0.05) is 5.02 Å². The summed E-state index contributed by atoms with van der Waals surface area (Å²) in [6.07, 6.45) is 1.55. The van der Waals surface area contributed by atoms with Crippen LogP contribution in [0.3, 0.4) is 0 Å². The summed E-state index contributed by atoms with van der Waals surface area (Å²) in [5.74, 6) is 0.343. The summed E-state index contributed by atoms with van der Waals surface area (Å²) in [6.45, 7) is 0.482. The monoisotopic (exact) mass is 448 g/mol. The highest BCUT2D eigenvalue weighted by Crippen LogP contribution is 2.21. The number of hydrogen-bond donors (Lipinski definition) is 1. The minimum atomic E-state index is -0.409. The number of hydrazone groups is 1. The van der Waals surface area contributed by atoms with E-state index in [1.165, 1.54) is 16.8 Å². The molecule has 6 heteroatoms. The summed E-state index contributed by atoms with van der Waals surface area (Å²) in [7, 11) is 0. The van der Waals surface area contributed by atoms with Gasteiger partial charge < -0.3 is 4.74 Å². The van der Waals surface area contributed by atoms with Gasteiger partial charge in [-0.2, -0.15) is 5.10 Å². The van der Waals surface area contributed by atoms with Gasteiger partial charge in [-0.05, 0) is 70.4 Å². The van der Waals surface area contributed by atoms with Gasteiger partial charge in [-0.15, -0.1) is 0 Å². The van der Waals surface area contributed by atoms with Crippen LogP contribution in [-0.2, 0) is 6.61 Å². The Morgan fingerprint density at radius 3 is 2.45 bits per heavy atom. The molecule has 0 saturated heterocycles. The van der Waals surface area contributed by atoms with Crippen molar-refractivity contribution in [2.45, 2.75) is 6.61 Å². The number of fused-ring (bicyclic) bond motifs is 1. The minimum absolute atomic E-state index is 0.271. The van der Waals surface area contributed by atoms with Crippen LogP contribution in [0.15, 0.2) is 90.0 Å². The molecule has 0 aliphatic rings. The highest BCUT2D eigenvalue weighted by Gasteiger charge is 2.09. The second kappa shape index (κ2) is 9.65. The fourth-order valence-corrected chi connectivity index (χ4v) is 3.54. The Balaban J connectivity index is 1.32. The van der Waals surface area contributed by atoms with E-state index in [2.05, 4.69) is 40.9 Å². The van der Waals surface area contributed by atoms with E-state index in [9.17, 15) is 4.79 Å². The predicted molar refractivity (Wildman–Crippen MR) is 126 cm³/mol. The number of rotatable bonds is 6. The molecule has 0 fully saturated rings. The lowest BCUT2D eigenvalue weighted by Crippen LogP contribution is -2.18. The number of carbonyl (C=O) groups is 1. The number of nitrogens with zero attached hydrogens (tertiary/aromatic N) is 1. The Morgan fingerprint density at radius 2 is 1.68 bits per heavy atom. The second-order valence-corrected chi connectivity index (χ2v) is 7.71. The summed E-state index contributed by atoms with van der Waals surface area (Å²) in [5.41, 5.74) is 4.69. The van der Waals surface area contributed by atoms with Gasteiger partial charge in [0.05, 0.1) is 16.8 Å². The van der Waals surface area contributed by atoms with E-state index in [4.69, 9.17) is 27.9 Å². The van der Waals surface area contributed by atoms with Crippen LogP contribution in [0.25, 0.3) is 10.8 Å². The van der Waals surface area contributed by atoms with Crippen LogP contribution in [0.1, 0.15) is 21.5 Å². The second-order valence-electron chi connectivity index (χ2n) is 6.86.